The summed E-state index contributed by atoms with van der Waals surface area (Å²) in [5.74, 6) is 1.36. The van der Waals surface area contributed by atoms with E-state index in [1.165, 1.54) is 0 Å². The highest BCUT2D eigenvalue weighted by Crippen LogP contribution is 2.12. The Morgan fingerprint density at radius 1 is 1.44 bits per heavy atom. The Labute approximate surface area is 106 Å². The van der Waals surface area contributed by atoms with E-state index in [1.54, 1.807) is 6.07 Å². The molecule has 0 saturated carbocycles. The fraction of sp³-hybridized carbons (Fsp3) is 0.385. The topological polar surface area (TPSA) is 70.9 Å². The van der Waals surface area contributed by atoms with Crippen LogP contribution in [0.15, 0.2) is 22.6 Å². The van der Waals surface area contributed by atoms with Crippen LogP contribution in [-0.2, 0) is 12.8 Å². The van der Waals surface area contributed by atoms with Gasteiger partial charge in [-0.1, -0.05) is 20.3 Å². The van der Waals surface area contributed by atoms with Crippen molar-refractivity contribution in [1.82, 2.24) is 10.2 Å². The molecule has 2 rings (SSSR count). The van der Waals surface area contributed by atoms with Gasteiger partial charge in [-0.15, -0.1) is 0 Å². The van der Waals surface area contributed by atoms with Crippen LogP contribution in [0.1, 0.15) is 42.3 Å². The lowest BCUT2D eigenvalue weighted by molar-refractivity contribution is 0.0994. The molecule has 0 atom stereocenters. The molecule has 0 unspecified atom stereocenters. The molecule has 0 radical (unpaired) electrons. The van der Waals surface area contributed by atoms with Gasteiger partial charge in [-0.25, -0.2) is 0 Å². The second-order valence-corrected chi connectivity index (χ2v) is 4.10. The van der Waals surface area contributed by atoms with Crippen molar-refractivity contribution in [2.75, 3.05) is 5.32 Å². The maximum Gasteiger partial charge on any atom is 0.292 e. The minimum atomic E-state index is -0.274. The Kier molecular flexibility index (Phi) is 3.82. The van der Waals surface area contributed by atoms with Crippen LogP contribution in [0.5, 0.6) is 0 Å². The lowest BCUT2D eigenvalue weighted by atomic mass is 10.2. The first-order chi connectivity index (χ1) is 8.72. The van der Waals surface area contributed by atoms with E-state index in [4.69, 9.17) is 4.42 Å². The van der Waals surface area contributed by atoms with Crippen LogP contribution in [0, 0.1) is 0 Å². The van der Waals surface area contributed by atoms with Gasteiger partial charge in [0.25, 0.3) is 5.91 Å². The van der Waals surface area contributed by atoms with Gasteiger partial charge in [0, 0.05) is 18.2 Å². The van der Waals surface area contributed by atoms with Gasteiger partial charge in [0.15, 0.2) is 11.6 Å². The van der Waals surface area contributed by atoms with E-state index >= 15 is 0 Å². The molecular formula is C13H17N3O2. The van der Waals surface area contributed by atoms with Crippen molar-refractivity contribution >= 4 is 11.7 Å². The molecule has 2 heterocycles. The quantitative estimate of drug-likeness (QED) is 0.853. The molecule has 0 aliphatic rings. The van der Waals surface area contributed by atoms with Crippen LogP contribution >= 0.6 is 0 Å². The van der Waals surface area contributed by atoms with Gasteiger partial charge in [0.05, 0.1) is 0 Å². The number of carbonyl (C=O) groups is 1. The third-order valence-corrected chi connectivity index (χ3v) is 2.63. The first-order valence-electron chi connectivity index (χ1n) is 6.17. The summed E-state index contributed by atoms with van der Waals surface area (Å²) in [6.45, 7) is 4.07. The number of hydrogen-bond acceptors (Lipinski definition) is 3. The second kappa shape index (κ2) is 5.53. The van der Waals surface area contributed by atoms with E-state index in [1.807, 2.05) is 19.1 Å². The Balaban J connectivity index is 2.01. The molecule has 5 heteroatoms. The van der Waals surface area contributed by atoms with Crippen LogP contribution < -0.4 is 5.32 Å². The molecule has 0 aliphatic heterocycles. The minimum absolute atomic E-state index is 0.274. The van der Waals surface area contributed by atoms with Crippen LogP contribution in [0.2, 0.25) is 0 Å². The molecular weight excluding hydrogens is 230 g/mol. The lowest BCUT2D eigenvalue weighted by Crippen LogP contribution is -2.11. The number of nitrogens with zero attached hydrogens (tertiary/aromatic N) is 1. The number of carbonyl (C=O) groups excluding carboxylic acids is 1. The fourth-order valence-electron chi connectivity index (χ4n) is 1.69. The molecule has 5 nitrogen and oxygen atoms in total. The van der Waals surface area contributed by atoms with E-state index < -0.39 is 0 Å². The molecule has 0 aliphatic carbocycles. The zero-order chi connectivity index (χ0) is 13.0. The van der Waals surface area contributed by atoms with Crippen molar-refractivity contribution in [3.63, 3.8) is 0 Å². The van der Waals surface area contributed by atoms with Crippen molar-refractivity contribution in [2.45, 2.75) is 33.1 Å². The van der Waals surface area contributed by atoms with Gasteiger partial charge < -0.3 is 9.73 Å². The first-order valence-corrected chi connectivity index (χ1v) is 6.17. The average Bonchev–Trinajstić information content (AvgIpc) is 2.98. The summed E-state index contributed by atoms with van der Waals surface area (Å²) in [4.78, 5) is 11.9. The van der Waals surface area contributed by atoms with Crippen molar-refractivity contribution in [2.24, 2.45) is 0 Å². The number of rotatable bonds is 5. The van der Waals surface area contributed by atoms with E-state index in [2.05, 4.69) is 22.4 Å². The van der Waals surface area contributed by atoms with E-state index in [0.717, 1.165) is 30.7 Å². The summed E-state index contributed by atoms with van der Waals surface area (Å²) in [5.41, 5.74) is 1.02. The third kappa shape index (κ3) is 2.80. The Morgan fingerprint density at radius 2 is 2.28 bits per heavy atom. The number of amides is 1. The summed E-state index contributed by atoms with van der Waals surface area (Å²) in [6.07, 6.45) is 2.73. The number of anilines is 1. The van der Waals surface area contributed by atoms with Crippen LogP contribution in [0.4, 0.5) is 5.82 Å². The normalized spacial score (nSPS) is 10.6. The molecule has 0 aromatic carbocycles. The van der Waals surface area contributed by atoms with Crippen molar-refractivity contribution in [1.29, 1.82) is 0 Å². The first kappa shape index (κ1) is 12.4. The van der Waals surface area contributed by atoms with Gasteiger partial charge in [-0.3, -0.25) is 9.89 Å². The highest BCUT2D eigenvalue weighted by molar-refractivity contribution is 6.01. The number of aromatic nitrogens is 2. The number of hydrogen-bond donors (Lipinski definition) is 2. The van der Waals surface area contributed by atoms with E-state index in [0.29, 0.717) is 11.6 Å². The second-order valence-electron chi connectivity index (χ2n) is 4.10. The average molecular weight is 247 g/mol. The van der Waals surface area contributed by atoms with Gasteiger partial charge in [-0.2, -0.15) is 5.10 Å². The summed E-state index contributed by atoms with van der Waals surface area (Å²) < 4.78 is 5.37. The monoisotopic (exact) mass is 247 g/mol. The highest BCUT2D eigenvalue weighted by atomic mass is 16.3. The summed E-state index contributed by atoms with van der Waals surface area (Å²) >= 11 is 0. The molecule has 0 spiro atoms. The van der Waals surface area contributed by atoms with Crippen molar-refractivity contribution < 1.29 is 9.21 Å². The molecule has 2 N–H and O–H groups in total. The predicted molar refractivity (Wildman–Crippen MR) is 68.6 cm³/mol. The minimum Gasteiger partial charge on any atom is -0.456 e. The number of nitrogens with one attached hydrogen (secondary N) is 2. The maximum absolute atomic E-state index is 11.9. The fourth-order valence-corrected chi connectivity index (χ4v) is 1.69. The van der Waals surface area contributed by atoms with E-state index in [-0.39, 0.29) is 5.91 Å². The lowest BCUT2D eigenvalue weighted by Gasteiger charge is -1.97. The van der Waals surface area contributed by atoms with Crippen molar-refractivity contribution in [3.8, 4) is 0 Å². The molecule has 2 aromatic rings. The summed E-state index contributed by atoms with van der Waals surface area (Å²) in [6, 6.07) is 5.32. The van der Waals surface area contributed by atoms with Gasteiger partial charge >= 0.3 is 0 Å². The molecule has 18 heavy (non-hydrogen) atoms. The summed E-state index contributed by atoms with van der Waals surface area (Å²) in [7, 11) is 0. The Morgan fingerprint density at radius 3 is 2.94 bits per heavy atom. The smallest absolute Gasteiger partial charge is 0.292 e. The van der Waals surface area contributed by atoms with Gasteiger partial charge in [-0.05, 0) is 18.6 Å². The maximum atomic E-state index is 11.9. The zero-order valence-corrected chi connectivity index (χ0v) is 10.6. The van der Waals surface area contributed by atoms with Crippen molar-refractivity contribution in [3.05, 3.63) is 35.4 Å². The van der Waals surface area contributed by atoms with Gasteiger partial charge in [0.2, 0.25) is 0 Å². The molecule has 0 fully saturated rings. The highest BCUT2D eigenvalue weighted by Gasteiger charge is 2.12. The van der Waals surface area contributed by atoms with Crippen LogP contribution in [0.3, 0.4) is 0 Å². The number of furan rings is 1. The van der Waals surface area contributed by atoms with Crippen LogP contribution in [0.25, 0.3) is 0 Å². The predicted octanol–water partition coefficient (Wildman–Crippen LogP) is 2.77. The third-order valence-electron chi connectivity index (χ3n) is 2.63. The van der Waals surface area contributed by atoms with Gasteiger partial charge in [0.1, 0.15) is 5.76 Å². The summed E-state index contributed by atoms with van der Waals surface area (Å²) in [5, 5.41) is 9.61. The standard InChI is InChI=1S/C13H17N3O2/c1-3-5-9-8-12(16-15-9)14-13(17)11-7-6-10(4-2)18-11/h6-8H,3-5H2,1-2H3,(H2,14,15,16,17). The number of aromatic amines is 1. The number of aryl methyl sites for hydroxylation is 2. The molecule has 0 bridgehead atoms. The zero-order valence-electron chi connectivity index (χ0n) is 10.6. The largest absolute Gasteiger partial charge is 0.456 e. The number of H-pyrrole nitrogens is 1. The Hall–Kier alpha value is -2.04. The molecule has 96 valence electrons. The SMILES string of the molecule is CCCc1cc(NC(=O)c2ccc(CC)o2)n[nH]1. The van der Waals surface area contributed by atoms with Crippen LogP contribution in [-0.4, -0.2) is 16.1 Å². The molecule has 0 saturated heterocycles. The Bertz CT molecular complexity index is 528. The van der Waals surface area contributed by atoms with E-state index in [9.17, 15) is 4.79 Å². The molecule has 1 amide bonds. The molecule has 2 aromatic heterocycles.